The lowest BCUT2D eigenvalue weighted by Gasteiger charge is -2.19. The highest BCUT2D eigenvalue weighted by Gasteiger charge is 2.09. The van der Waals surface area contributed by atoms with Crippen LogP contribution in [-0.2, 0) is 12.3 Å². The minimum absolute atomic E-state index is 0.151. The van der Waals surface area contributed by atoms with Crippen LogP contribution >= 0.6 is 11.8 Å². The fourth-order valence-electron chi connectivity index (χ4n) is 1.17. The van der Waals surface area contributed by atoms with Crippen molar-refractivity contribution in [1.82, 2.24) is 15.3 Å². The summed E-state index contributed by atoms with van der Waals surface area (Å²) in [5.74, 6) is 2.04. The highest BCUT2D eigenvalue weighted by molar-refractivity contribution is 7.99. The van der Waals surface area contributed by atoms with Crippen molar-refractivity contribution in [3.05, 3.63) is 17.7 Å². The fraction of sp³-hybridized carbons (Fsp3) is 0.750. The minimum Gasteiger partial charge on any atom is -0.344 e. The maximum Gasteiger partial charge on any atom is 0.116 e. The van der Waals surface area contributed by atoms with Crippen molar-refractivity contribution in [2.75, 3.05) is 0 Å². The summed E-state index contributed by atoms with van der Waals surface area (Å²) in [5, 5.41) is 4.09. The minimum atomic E-state index is 0.151. The number of H-pyrrole nitrogens is 1. The Hall–Kier alpha value is -0.480. The highest BCUT2D eigenvalue weighted by atomic mass is 32.2. The largest absolute Gasteiger partial charge is 0.344 e. The van der Waals surface area contributed by atoms with Gasteiger partial charge in [0.25, 0.3) is 0 Å². The van der Waals surface area contributed by atoms with Crippen LogP contribution in [0.25, 0.3) is 0 Å². The van der Waals surface area contributed by atoms with Crippen LogP contribution in [0.3, 0.4) is 0 Å². The van der Waals surface area contributed by atoms with Crippen LogP contribution in [0.2, 0.25) is 0 Å². The molecule has 0 spiro atoms. The number of rotatable bonds is 5. The molecular formula is C12H23N3S. The van der Waals surface area contributed by atoms with Crippen LogP contribution < -0.4 is 5.32 Å². The van der Waals surface area contributed by atoms with Crippen molar-refractivity contribution in [3.8, 4) is 0 Å². The van der Waals surface area contributed by atoms with E-state index in [4.69, 9.17) is 0 Å². The Balaban J connectivity index is 2.39. The highest BCUT2D eigenvalue weighted by Crippen LogP contribution is 2.14. The van der Waals surface area contributed by atoms with Gasteiger partial charge in [-0.3, -0.25) is 0 Å². The number of aromatic amines is 1. The van der Waals surface area contributed by atoms with Crippen LogP contribution in [0.1, 0.15) is 46.1 Å². The lowest BCUT2D eigenvalue weighted by Crippen LogP contribution is -2.35. The molecule has 0 amide bonds. The monoisotopic (exact) mass is 241 g/mol. The summed E-state index contributed by atoms with van der Waals surface area (Å²) in [5.41, 5.74) is 1.31. The van der Waals surface area contributed by atoms with Gasteiger partial charge in [0, 0.05) is 24.0 Å². The maximum absolute atomic E-state index is 4.37. The molecule has 0 aliphatic carbocycles. The molecule has 16 heavy (non-hydrogen) atoms. The topological polar surface area (TPSA) is 40.7 Å². The van der Waals surface area contributed by atoms with E-state index in [1.807, 2.05) is 18.0 Å². The third-order valence-corrected chi connectivity index (χ3v) is 3.15. The molecule has 0 aliphatic heterocycles. The molecule has 1 rings (SSSR count). The van der Waals surface area contributed by atoms with Crippen molar-refractivity contribution < 1.29 is 0 Å². The Morgan fingerprint density at radius 1 is 1.44 bits per heavy atom. The second-order valence-corrected chi connectivity index (χ2v) is 6.88. The molecule has 0 unspecified atom stereocenters. The quantitative estimate of drug-likeness (QED) is 0.832. The van der Waals surface area contributed by atoms with Gasteiger partial charge in [-0.2, -0.15) is 11.8 Å². The van der Waals surface area contributed by atoms with Crippen molar-refractivity contribution in [2.45, 2.75) is 57.7 Å². The first kappa shape index (κ1) is 13.6. The SMILES string of the molecule is CC(C)SCc1ncc(CNC(C)(C)C)[nH]1. The van der Waals surface area contributed by atoms with Crippen molar-refractivity contribution in [1.29, 1.82) is 0 Å². The van der Waals surface area contributed by atoms with Gasteiger partial charge in [0.1, 0.15) is 5.82 Å². The maximum atomic E-state index is 4.37. The molecular weight excluding hydrogens is 218 g/mol. The van der Waals surface area contributed by atoms with Crippen LogP contribution in [0.15, 0.2) is 6.20 Å². The summed E-state index contributed by atoms with van der Waals surface area (Å²) in [6, 6.07) is 0. The lowest BCUT2D eigenvalue weighted by molar-refractivity contribution is 0.421. The predicted octanol–water partition coefficient (Wildman–Crippen LogP) is 2.94. The standard InChI is InChI=1S/C12H23N3S/c1-9(2)16-8-11-13-6-10(15-11)7-14-12(3,4)5/h6,9,14H,7-8H2,1-5H3,(H,13,15). The van der Waals surface area contributed by atoms with E-state index < -0.39 is 0 Å². The number of nitrogens with one attached hydrogen (secondary N) is 2. The average molecular weight is 241 g/mol. The third kappa shape index (κ3) is 5.56. The summed E-state index contributed by atoms with van der Waals surface area (Å²) < 4.78 is 0. The smallest absolute Gasteiger partial charge is 0.116 e. The van der Waals surface area contributed by atoms with Gasteiger partial charge in [-0.1, -0.05) is 13.8 Å². The molecule has 0 bridgehead atoms. The number of imidazole rings is 1. The van der Waals surface area contributed by atoms with Crippen molar-refractivity contribution in [2.24, 2.45) is 0 Å². The molecule has 0 atom stereocenters. The zero-order valence-electron chi connectivity index (χ0n) is 10.9. The Morgan fingerprint density at radius 3 is 2.69 bits per heavy atom. The van der Waals surface area contributed by atoms with Gasteiger partial charge in [-0.05, 0) is 26.0 Å². The zero-order chi connectivity index (χ0) is 12.2. The first-order chi connectivity index (χ1) is 7.37. The van der Waals surface area contributed by atoms with Crippen LogP contribution in [0, 0.1) is 0 Å². The molecule has 2 N–H and O–H groups in total. The van der Waals surface area contributed by atoms with E-state index in [2.05, 4.69) is 49.9 Å². The van der Waals surface area contributed by atoms with E-state index in [1.165, 1.54) is 0 Å². The molecule has 92 valence electrons. The van der Waals surface area contributed by atoms with E-state index in [0.29, 0.717) is 5.25 Å². The molecule has 3 nitrogen and oxygen atoms in total. The number of hydrogen-bond acceptors (Lipinski definition) is 3. The van der Waals surface area contributed by atoms with Crippen molar-refractivity contribution >= 4 is 11.8 Å². The van der Waals surface area contributed by atoms with E-state index >= 15 is 0 Å². The Labute approximate surface area is 103 Å². The average Bonchev–Trinajstić information content (AvgIpc) is 2.58. The van der Waals surface area contributed by atoms with E-state index in [1.54, 1.807) is 0 Å². The van der Waals surface area contributed by atoms with Gasteiger partial charge in [0.2, 0.25) is 0 Å². The summed E-state index contributed by atoms with van der Waals surface area (Å²) in [6.07, 6.45) is 1.93. The molecule has 0 aliphatic rings. The predicted molar refractivity (Wildman–Crippen MR) is 71.6 cm³/mol. The Morgan fingerprint density at radius 2 is 2.12 bits per heavy atom. The number of nitrogens with zero attached hydrogens (tertiary/aromatic N) is 1. The molecule has 4 heteroatoms. The summed E-state index contributed by atoms with van der Waals surface area (Å²) >= 11 is 1.91. The second kappa shape index (κ2) is 5.73. The normalized spacial score (nSPS) is 12.4. The van der Waals surface area contributed by atoms with Crippen molar-refractivity contribution in [3.63, 3.8) is 0 Å². The van der Waals surface area contributed by atoms with E-state index in [0.717, 1.165) is 23.8 Å². The lowest BCUT2D eigenvalue weighted by atomic mass is 10.1. The molecule has 0 aromatic carbocycles. The van der Waals surface area contributed by atoms with Crippen LogP contribution in [-0.4, -0.2) is 20.8 Å². The first-order valence-corrected chi connectivity index (χ1v) is 6.81. The molecule has 0 radical (unpaired) electrons. The van der Waals surface area contributed by atoms with Gasteiger partial charge >= 0.3 is 0 Å². The molecule has 1 heterocycles. The third-order valence-electron chi connectivity index (χ3n) is 2.04. The molecule has 0 saturated heterocycles. The van der Waals surface area contributed by atoms with Gasteiger partial charge < -0.3 is 10.3 Å². The summed E-state index contributed by atoms with van der Waals surface area (Å²) in [6.45, 7) is 11.8. The molecule has 0 fully saturated rings. The summed E-state index contributed by atoms with van der Waals surface area (Å²) in [7, 11) is 0. The Kier molecular flexibility index (Phi) is 4.87. The zero-order valence-corrected chi connectivity index (χ0v) is 11.7. The second-order valence-electron chi connectivity index (χ2n) is 5.32. The van der Waals surface area contributed by atoms with Crippen LogP contribution in [0.5, 0.6) is 0 Å². The fourth-order valence-corrected chi connectivity index (χ4v) is 1.81. The Bertz CT molecular complexity index is 312. The van der Waals surface area contributed by atoms with E-state index in [9.17, 15) is 0 Å². The van der Waals surface area contributed by atoms with E-state index in [-0.39, 0.29) is 5.54 Å². The van der Waals surface area contributed by atoms with Gasteiger partial charge in [-0.25, -0.2) is 4.98 Å². The number of aromatic nitrogens is 2. The van der Waals surface area contributed by atoms with Crippen LogP contribution in [0.4, 0.5) is 0 Å². The molecule has 0 saturated carbocycles. The molecule has 1 aromatic rings. The van der Waals surface area contributed by atoms with Gasteiger partial charge in [0.15, 0.2) is 0 Å². The summed E-state index contributed by atoms with van der Waals surface area (Å²) in [4.78, 5) is 7.72. The molecule has 1 aromatic heterocycles. The first-order valence-electron chi connectivity index (χ1n) is 5.76. The van der Waals surface area contributed by atoms with Gasteiger partial charge in [0.05, 0.1) is 5.75 Å². The van der Waals surface area contributed by atoms with Gasteiger partial charge in [-0.15, -0.1) is 0 Å². The number of hydrogen-bond donors (Lipinski definition) is 2. The number of thioether (sulfide) groups is 1.